The van der Waals surface area contributed by atoms with E-state index in [0.717, 1.165) is 17.3 Å². The van der Waals surface area contributed by atoms with Crippen molar-refractivity contribution in [2.45, 2.75) is 16.9 Å². The van der Waals surface area contributed by atoms with Gasteiger partial charge in [0.1, 0.15) is 12.0 Å². The van der Waals surface area contributed by atoms with Crippen molar-refractivity contribution >= 4 is 63.7 Å². The van der Waals surface area contributed by atoms with E-state index in [2.05, 4.69) is 16.0 Å². The molecule has 1 atom stereocenters. The average Bonchev–Trinajstić information content (AvgIpc) is 2.53. The summed E-state index contributed by atoms with van der Waals surface area (Å²) >= 11 is 22.9. The molecule has 1 amide bonds. The number of carbonyl (C=O) groups excluding carboxylic acids is 1. The Morgan fingerprint density at radius 3 is 2.42 bits per heavy atom. The number of hydrogen-bond donors (Lipinski definition) is 3. The van der Waals surface area contributed by atoms with Gasteiger partial charge in [-0.25, -0.2) is 4.39 Å². The molecule has 0 aliphatic rings. The Labute approximate surface area is 171 Å². The number of nitrogens with one attached hydrogen (secondary N) is 3. The van der Waals surface area contributed by atoms with Crippen LogP contribution in [0.1, 0.15) is 15.9 Å². The highest BCUT2D eigenvalue weighted by atomic mass is 35.6. The second-order valence-electron chi connectivity index (χ2n) is 5.40. The van der Waals surface area contributed by atoms with E-state index in [1.807, 2.05) is 31.2 Å². The van der Waals surface area contributed by atoms with Crippen LogP contribution >= 0.6 is 47.0 Å². The maximum atomic E-state index is 13.8. The maximum Gasteiger partial charge on any atom is 0.255 e. The number of thiocarbonyl (C=S) groups is 1. The molecule has 0 aromatic heterocycles. The van der Waals surface area contributed by atoms with Gasteiger partial charge in [-0.2, -0.15) is 0 Å². The number of anilines is 1. The van der Waals surface area contributed by atoms with Gasteiger partial charge in [0.25, 0.3) is 5.91 Å². The van der Waals surface area contributed by atoms with Crippen molar-refractivity contribution in [3.63, 3.8) is 0 Å². The fraction of sp³-hybridized carbons (Fsp3) is 0.176. The van der Waals surface area contributed by atoms with Crippen molar-refractivity contribution in [3.05, 3.63) is 65.5 Å². The van der Waals surface area contributed by atoms with E-state index in [-0.39, 0.29) is 10.7 Å². The highest BCUT2D eigenvalue weighted by Crippen LogP contribution is 2.29. The first-order valence-electron chi connectivity index (χ1n) is 7.43. The zero-order valence-corrected chi connectivity index (χ0v) is 16.6. The van der Waals surface area contributed by atoms with E-state index in [4.69, 9.17) is 47.0 Å². The molecule has 138 valence electrons. The van der Waals surface area contributed by atoms with Crippen molar-refractivity contribution in [1.82, 2.24) is 10.6 Å². The Morgan fingerprint density at radius 1 is 1.12 bits per heavy atom. The summed E-state index contributed by atoms with van der Waals surface area (Å²) in [5.74, 6) is -1.43. The van der Waals surface area contributed by atoms with Gasteiger partial charge in [-0.1, -0.05) is 59.1 Å². The van der Waals surface area contributed by atoms with Gasteiger partial charge in [0, 0.05) is 5.69 Å². The molecule has 0 radical (unpaired) electrons. The molecule has 3 N–H and O–H groups in total. The number of hydrogen-bond acceptors (Lipinski definition) is 2. The van der Waals surface area contributed by atoms with Crippen molar-refractivity contribution in [2.75, 3.05) is 5.32 Å². The Bertz CT molecular complexity index is 814. The highest BCUT2D eigenvalue weighted by molar-refractivity contribution is 7.80. The third-order valence-electron chi connectivity index (χ3n) is 3.27. The molecule has 2 rings (SSSR count). The number of alkyl halides is 3. The quantitative estimate of drug-likeness (QED) is 0.375. The molecule has 2 aromatic carbocycles. The smallest absolute Gasteiger partial charge is 0.255 e. The van der Waals surface area contributed by atoms with Gasteiger partial charge >= 0.3 is 0 Å². The van der Waals surface area contributed by atoms with Crippen LogP contribution in [0.3, 0.4) is 0 Å². The molecule has 26 heavy (non-hydrogen) atoms. The van der Waals surface area contributed by atoms with Crippen LogP contribution in [0.5, 0.6) is 0 Å². The van der Waals surface area contributed by atoms with Gasteiger partial charge < -0.3 is 16.0 Å². The van der Waals surface area contributed by atoms with Crippen LogP contribution in [0.15, 0.2) is 48.5 Å². The zero-order valence-electron chi connectivity index (χ0n) is 13.5. The van der Waals surface area contributed by atoms with Crippen LogP contribution in [-0.4, -0.2) is 21.0 Å². The highest BCUT2D eigenvalue weighted by Gasteiger charge is 2.35. The minimum atomic E-state index is -1.93. The Morgan fingerprint density at radius 2 is 1.81 bits per heavy atom. The second-order valence-corrected chi connectivity index (χ2v) is 8.17. The second kappa shape index (κ2) is 8.86. The minimum absolute atomic E-state index is 0.126. The summed E-state index contributed by atoms with van der Waals surface area (Å²) in [7, 11) is 0. The van der Waals surface area contributed by atoms with Gasteiger partial charge in [-0.05, 0) is 49.0 Å². The lowest BCUT2D eigenvalue weighted by molar-refractivity contribution is 0.0930. The molecule has 0 spiro atoms. The molecule has 0 bridgehead atoms. The standard InChI is InChI=1S/C17H15Cl3FN3OS/c1-10-5-4-6-11(9-10)22-16(26)24-15(17(18,19)20)23-14(25)12-7-2-3-8-13(12)21/h2-9,15H,1H3,(H,23,25)(H2,22,24,26)/t15-/m0/s1. The Hall–Kier alpha value is -1.60. The van der Waals surface area contributed by atoms with E-state index in [1.165, 1.54) is 18.2 Å². The van der Waals surface area contributed by atoms with Crippen LogP contribution in [0.2, 0.25) is 0 Å². The van der Waals surface area contributed by atoms with Crippen LogP contribution < -0.4 is 16.0 Å². The van der Waals surface area contributed by atoms with Crippen LogP contribution in [0, 0.1) is 12.7 Å². The number of rotatable bonds is 4. The number of halogens is 4. The minimum Gasteiger partial charge on any atom is -0.339 e. The normalized spacial score (nSPS) is 12.2. The van der Waals surface area contributed by atoms with Gasteiger partial charge in [-0.15, -0.1) is 0 Å². The first-order chi connectivity index (χ1) is 12.2. The predicted molar refractivity (Wildman–Crippen MR) is 108 cm³/mol. The van der Waals surface area contributed by atoms with E-state index in [9.17, 15) is 9.18 Å². The molecule has 4 nitrogen and oxygen atoms in total. The van der Waals surface area contributed by atoms with Crippen molar-refractivity contribution in [2.24, 2.45) is 0 Å². The van der Waals surface area contributed by atoms with E-state index < -0.39 is 21.7 Å². The number of benzene rings is 2. The van der Waals surface area contributed by atoms with Crippen LogP contribution in [0.4, 0.5) is 10.1 Å². The predicted octanol–water partition coefficient (Wildman–Crippen LogP) is 4.55. The van der Waals surface area contributed by atoms with Crippen LogP contribution in [-0.2, 0) is 0 Å². The fourth-order valence-corrected chi connectivity index (χ4v) is 2.64. The maximum absolute atomic E-state index is 13.8. The SMILES string of the molecule is Cc1cccc(NC(=S)N[C@H](NC(=O)c2ccccc2F)C(Cl)(Cl)Cl)c1. The van der Waals surface area contributed by atoms with Gasteiger partial charge in [-0.3, -0.25) is 4.79 Å². The Balaban J connectivity index is 2.09. The molecule has 0 saturated heterocycles. The molecular formula is C17H15Cl3FN3OS. The number of aryl methyl sites for hydroxylation is 1. The van der Waals surface area contributed by atoms with Crippen molar-refractivity contribution in [3.8, 4) is 0 Å². The average molecular weight is 435 g/mol. The molecule has 0 unspecified atom stereocenters. The molecule has 0 fully saturated rings. The third-order valence-corrected chi connectivity index (χ3v) is 4.15. The van der Waals surface area contributed by atoms with Gasteiger partial charge in [0.2, 0.25) is 3.79 Å². The molecule has 2 aromatic rings. The molecule has 0 aliphatic carbocycles. The summed E-state index contributed by atoms with van der Waals surface area (Å²) in [5.41, 5.74) is 1.58. The van der Waals surface area contributed by atoms with Crippen LogP contribution in [0.25, 0.3) is 0 Å². The lowest BCUT2D eigenvalue weighted by Crippen LogP contribution is -2.56. The fourth-order valence-electron chi connectivity index (χ4n) is 2.08. The topological polar surface area (TPSA) is 53.2 Å². The number of carbonyl (C=O) groups is 1. The first kappa shape index (κ1) is 20.7. The van der Waals surface area contributed by atoms with Gasteiger partial charge in [0.15, 0.2) is 5.11 Å². The lowest BCUT2D eigenvalue weighted by atomic mass is 10.2. The van der Waals surface area contributed by atoms with E-state index in [1.54, 1.807) is 0 Å². The number of amides is 1. The Kier molecular flexibility index (Phi) is 7.06. The molecule has 0 saturated carbocycles. The van der Waals surface area contributed by atoms with E-state index >= 15 is 0 Å². The summed E-state index contributed by atoms with van der Waals surface area (Å²) in [6.07, 6.45) is -1.19. The lowest BCUT2D eigenvalue weighted by Gasteiger charge is -2.27. The monoisotopic (exact) mass is 433 g/mol. The summed E-state index contributed by atoms with van der Waals surface area (Å²) in [5, 5.41) is 8.20. The zero-order chi connectivity index (χ0) is 19.3. The molecule has 9 heteroatoms. The summed E-state index contributed by atoms with van der Waals surface area (Å²) in [6.45, 7) is 1.93. The van der Waals surface area contributed by atoms with E-state index in [0.29, 0.717) is 0 Å². The molecule has 0 aliphatic heterocycles. The summed E-state index contributed by atoms with van der Waals surface area (Å²) < 4.78 is 11.8. The van der Waals surface area contributed by atoms with Crippen molar-refractivity contribution in [1.29, 1.82) is 0 Å². The molecule has 0 heterocycles. The summed E-state index contributed by atoms with van der Waals surface area (Å²) in [6, 6.07) is 12.9. The third kappa shape index (κ3) is 5.99. The van der Waals surface area contributed by atoms with Crippen molar-refractivity contribution < 1.29 is 9.18 Å². The molecular weight excluding hydrogens is 420 g/mol. The largest absolute Gasteiger partial charge is 0.339 e. The summed E-state index contributed by atoms with van der Waals surface area (Å²) in [4.78, 5) is 12.3. The van der Waals surface area contributed by atoms with Gasteiger partial charge in [0.05, 0.1) is 5.56 Å². The first-order valence-corrected chi connectivity index (χ1v) is 8.97.